The third-order valence-corrected chi connectivity index (χ3v) is 3.54. The fraction of sp³-hybridized carbons (Fsp3) is 0.600. The van der Waals surface area contributed by atoms with Gasteiger partial charge in [-0.15, -0.1) is 0 Å². The molecule has 1 fully saturated rings. The molecule has 5 heteroatoms. The molecule has 0 spiro atoms. The van der Waals surface area contributed by atoms with Crippen LogP contribution in [0.1, 0.15) is 0 Å². The molecule has 0 radical (unpaired) electrons. The maximum atomic E-state index is 10.7. The van der Waals surface area contributed by atoms with Crippen molar-refractivity contribution in [3.63, 3.8) is 0 Å². The van der Waals surface area contributed by atoms with Gasteiger partial charge in [0.15, 0.2) is 5.97 Å². The van der Waals surface area contributed by atoms with Crippen LogP contribution in [0.4, 0.5) is 0 Å². The zero-order valence-corrected chi connectivity index (χ0v) is 7.68. The first kappa shape index (κ1) is 10.6. The number of thioether (sulfide) groups is 2. The molecule has 0 amide bonds. The van der Waals surface area contributed by atoms with Crippen molar-refractivity contribution in [2.75, 3.05) is 18.6 Å². The molecule has 2 nitrogen and oxygen atoms in total. The number of ether oxygens (including phenoxy) is 1. The average Bonchev–Trinajstić information content (AvgIpc) is 2.37. The van der Waals surface area contributed by atoms with Crippen molar-refractivity contribution in [2.24, 2.45) is 0 Å². The van der Waals surface area contributed by atoms with Gasteiger partial charge in [0.1, 0.15) is 0 Å². The van der Waals surface area contributed by atoms with Crippen molar-refractivity contribution in [1.29, 1.82) is 0 Å². The van der Waals surface area contributed by atoms with Crippen molar-refractivity contribution >= 4 is 29.5 Å². The first-order chi connectivity index (χ1) is 4.34. The maximum Gasteiger partial charge on any atom is 1.00 e. The van der Waals surface area contributed by atoms with Crippen molar-refractivity contribution in [1.82, 2.24) is 0 Å². The molecule has 1 rings (SSSR count). The minimum absolute atomic E-state index is 0. The number of esters is 1. The SMILES string of the molecule is COC(=O)[C-]1SCCS1.[Li+]. The van der Waals surface area contributed by atoms with Gasteiger partial charge in [0.25, 0.3) is 0 Å². The second-order valence-corrected chi connectivity index (χ2v) is 3.94. The fourth-order valence-electron chi connectivity index (χ4n) is 0.512. The molecular formula is C5H7LiO2S2. The Bertz CT molecular complexity index is 114. The van der Waals surface area contributed by atoms with E-state index < -0.39 is 0 Å². The summed E-state index contributed by atoms with van der Waals surface area (Å²) in [6.45, 7) is 0. The Kier molecular flexibility index (Phi) is 5.65. The molecule has 10 heavy (non-hydrogen) atoms. The first-order valence-corrected chi connectivity index (χ1v) is 4.52. The van der Waals surface area contributed by atoms with Crippen LogP contribution in [0.15, 0.2) is 0 Å². The Morgan fingerprint density at radius 2 is 2.00 bits per heavy atom. The molecule has 1 heterocycles. The largest absolute Gasteiger partial charge is 1.00 e. The van der Waals surface area contributed by atoms with E-state index in [4.69, 9.17) is 0 Å². The molecular weight excluding hydrogens is 163 g/mol. The maximum absolute atomic E-state index is 10.7. The van der Waals surface area contributed by atoms with Crippen molar-refractivity contribution in [3.05, 3.63) is 4.58 Å². The molecule has 0 unspecified atom stereocenters. The summed E-state index contributed by atoms with van der Waals surface area (Å²) in [5.41, 5.74) is 0. The van der Waals surface area contributed by atoms with Crippen LogP contribution < -0.4 is 18.9 Å². The summed E-state index contributed by atoms with van der Waals surface area (Å²) < 4.78 is 5.32. The van der Waals surface area contributed by atoms with E-state index in [9.17, 15) is 4.79 Å². The van der Waals surface area contributed by atoms with E-state index in [1.165, 1.54) is 7.11 Å². The summed E-state index contributed by atoms with van der Waals surface area (Å²) in [7, 11) is 1.41. The number of rotatable bonds is 1. The van der Waals surface area contributed by atoms with Gasteiger partial charge in [-0.3, -0.25) is 4.79 Å². The summed E-state index contributed by atoms with van der Waals surface area (Å²) in [4.78, 5) is 10.7. The van der Waals surface area contributed by atoms with Crippen LogP contribution in [-0.4, -0.2) is 24.6 Å². The Balaban J connectivity index is 0.000000810. The summed E-state index contributed by atoms with van der Waals surface area (Å²) in [6.07, 6.45) is 0. The van der Waals surface area contributed by atoms with Gasteiger partial charge in [-0.25, -0.2) is 0 Å². The normalized spacial score (nSPS) is 16.3. The number of carbonyl (C=O) groups excluding carboxylic acids is 1. The van der Waals surface area contributed by atoms with Gasteiger partial charge in [-0.2, -0.15) is 4.58 Å². The minimum atomic E-state index is -0.178. The summed E-state index contributed by atoms with van der Waals surface area (Å²) in [5, 5.41) is 0. The van der Waals surface area contributed by atoms with E-state index in [0.29, 0.717) is 0 Å². The van der Waals surface area contributed by atoms with Crippen LogP contribution >= 0.6 is 23.5 Å². The fourth-order valence-corrected chi connectivity index (χ4v) is 2.78. The van der Waals surface area contributed by atoms with E-state index in [2.05, 4.69) is 4.74 Å². The van der Waals surface area contributed by atoms with Crippen LogP contribution in [0.2, 0.25) is 0 Å². The second kappa shape index (κ2) is 5.31. The van der Waals surface area contributed by atoms with Crippen molar-refractivity contribution in [2.45, 2.75) is 0 Å². The van der Waals surface area contributed by atoms with Gasteiger partial charge in [0, 0.05) is 0 Å². The Morgan fingerprint density at radius 3 is 2.40 bits per heavy atom. The summed E-state index contributed by atoms with van der Waals surface area (Å²) >= 11 is 3.16. The molecule has 1 aliphatic heterocycles. The molecule has 0 aliphatic carbocycles. The van der Waals surface area contributed by atoms with E-state index in [1.807, 2.05) is 0 Å². The van der Waals surface area contributed by atoms with Gasteiger partial charge < -0.3 is 28.3 Å². The van der Waals surface area contributed by atoms with E-state index in [1.54, 1.807) is 23.5 Å². The predicted molar refractivity (Wildman–Crippen MR) is 40.2 cm³/mol. The van der Waals surface area contributed by atoms with Gasteiger partial charge >= 0.3 is 18.9 Å². The third-order valence-electron chi connectivity index (χ3n) is 0.902. The molecule has 0 aromatic carbocycles. The Labute approximate surface area is 81.0 Å². The smallest absolute Gasteiger partial charge is 0.490 e. The first-order valence-electron chi connectivity index (χ1n) is 2.55. The van der Waals surface area contributed by atoms with Crippen LogP contribution in [-0.2, 0) is 9.53 Å². The zero-order chi connectivity index (χ0) is 6.69. The van der Waals surface area contributed by atoms with Gasteiger partial charge in [-0.05, 0) is 11.5 Å². The van der Waals surface area contributed by atoms with Crippen molar-refractivity contribution < 1.29 is 28.4 Å². The average molecular weight is 170 g/mol. The van der Waals surface area contributed by atoms with Gasteiger partial charge in [-0.1, -0.05) is 0 Å². The number of methoxy groups -OCH3 is 1. The third kappa shape index (κ3) is 2.71. The van der Waals surface area contributed by atoms with E-state index in [0.717, 1.165) is 16.1 Å². The molecule has 0 atom stereocenters. The molecule has 0 bridgehead atoms. The Hall–Kier alpha value is 0.637. The molecule has 0 aromatic rings. The standard InChI is InChI=1S/C5H7O2S2.Li/c1-7-4(6)5-8-2-3-9-5;/h2-3H2,1H3;/q-1;+1. The second-order valence-electron chi connectivity index (χ2n) is 1.48. The predicted octanol–water partition coefficient (Wildman–Crippen LogP) is -1.87. The van der Waals surface area contributed by atoms with Crippen LogP contribution in [0.25, 0.3) is 0 Å². The van der Waals surface area contributed by atoms with Crippen LogP contribution in [0.3, 0.4) is 0 Å². The molecule has 52 valence electrons. The zero-order valence-electron chi connectivity index (χ0n) is 6.05. The number of hydrogen-bond acceptors (Lipinski definition) is 4. The monoisotopic (exact) mass is 170 g/mol. The minimum Gasteiger partial charge on any atom is -0.490 e. The summed E-state index contributed by atoms with van der Waals surface area (Å²) in [5.74, 6) is 1.90. The molecule has 1 aliphatic rings. The van der Waals surface area contributed by atoms with Crippen LogP contribution in [0, 0.1) is 4.58 Å². The molecule has 1 saturated heterocycles. The summed E-state index contributed by atoms with van der Waals surface area (Å²) in [6, 6.07) is 0. The molecule has 0 saturated carbocycles. The van der Waals surface area contributed by atoms with E-state index >= 15 is 0 Å². The van der Waals surface area contributed by atoms with Crippen molar-refractivity contribution in [3.8, 4) is 0 Å². The number of hydrogen-bond donors (Lipinski definition) is 0. The van der Waals surface area contributed by atoms with Gasteiger partial charge in [0.2, 0.25) is 0 Å². The van der Waals surface area contributed by atoms with E-state index in [-0.39, 0.29) is 24.8 Å². The molecule has 0 N–H and O–H groups in total. The topological polar surface area (TPSA) is 26.3 Å². The van der Waals surface area contributed by atoms with Crippen LogP contribution in [0.5, 0.6) is 0 Å². The molecule has 0 aromatic heterocycles. The quantitative estimate of drug-likeness (QED) is 0.262. The number of carbonyl (C=O) groups is 1. The van der Waals surface area contributed by atoms with Gasteiger partial charge in [0.05, 0.1) is 7.11 Å². The Morgan fingerprint density at radius 1 is 1.50 bits per heavy atom.